The number of ether oxygens (including phenoxy) is 1. The standard InChI is InChI=1S/C18H28FNO/c1-3-13-8-5-6-11-17(13)21-18(16(20)4-2)14-9-7-10-15(19)12-14/h7,9-10,12-13,16-18H,3-6,8,11,20H2,1-2H3. The first kappa shape index (κ1) is 16.4. The average Bonchev–Trinajstić information content (AvgIpc) is 2.52. The van der Waals surface area contributed by atoms with Gasteiger partial charge in [0, 0.05) is 6.04 Å². The fraction of sp³-hybridized carbons (Fsp3) is 0.667. The summed E-state index contributed by atoms with van der Waals surface area (Å²) in [5.41, 5.74) is 7.12. The van der Waals surface area contributed by atoms with Crippen LogP contribution in [0.1, 0.15) is 64.0 Å². The van der Waals surface area contributed by atoms with Gasteiger partial charge in [0.05, 0.1) is 12.2 Å². The Kier molecular flexibility index (Phi) is 6.19. The molecule has 1 aromatic rings. The van der Waals surface area contributed by atoms with Gasteiger partial charge in [-0.2, -0.15) is 0 Å². The number of benzene rings is 1. The van der Waals surface area contributed by atoms with Crippen molar-refractivity contribution in [3.05, 3.63) is 35.6 Å². The van der Waals surface area contributed by atoms with E-state index < -0.39 is 0 Å². The van der Waals surface area contributed by atoms with Crippen molar-refractivity contribution in [2.24, 2.45) is 11.7 Å². The zero-order chi connectivity index (χ0) is 15.2. The van der Waals surface area contributed by atoms with Gasteiger partial charge in [-0.25, -0.2) is 4.39 Å². The van der Waals surface area contributed by atoms with Crippen LogP contribution in [0.4, 0.5) is 4.39 Å². The normalized spacial score (nSPS) is 25.5. The molecule has 0 spiro atoms. The molecule has 2 N–H and O–H groups in total. The van der Waals surface area contributed by atoms with Crippen molar-refractivity contribution in [1.82, 2.24) is 0 Å². The van der Waals surface area contributed by atoms with Crippen molar-refractivity contribution >= 4 is 0 Å². The van der Waals surface area contributed by atoms with Crippen LogP contribution in [0, 0.1) is 11.7 Å². The van der Waals surface area contributed by atoms with Gasteiger partial charge >= 0.3 is 0 Å². The first-order chi connectivity index (χ1) is 10.2. The highest BCUT2D eigenvalue weighted by Crippen LogP contribution is 2.34. The highest BCUT2D eigenvalue weighted by Gasteiger charge is 2.30. The van der Waals surface area contributed by atoms with Gasteiger partial charge in [-0.15, -0.1) is 0 Å². The predicted octanol–water partition coefficient (Wildman–Crippen LogP) is 4.59. The summed E-state index contributed by atoms with van der Waals surface area (Å²) < 4.78 is 19.9. The van der Waals surface area contributed by atoms with E-state index in [0.717, 1.165) is 24.8 Å². The van der Waals surface area contributed by atoms with Crippen molar-refractivity contribution < 1.29 is 9.13 Å². The minimum absolute atomic E-state index is 0.0915. The summed E-state index contributed by atoms with van der Waals surface area (Å²) in [4.78, 5) is 0. The Hall–Kier alpha value is -0.930. The van der Waals surface area contributed by atoms with Crippen LogP contribution in [0.25, 0.3) is 0 Å². The summed E-state index contributed by atoms with van der Waals surface area (Å²) in [5.74, 6) is 0.388. The predicted molar refractivity (Wildman–Crippen MR) is 84.5 cm³/mol. The second kappa shape index (κ2) is 7.90. The van der Waals surface area contributed by atoms with E-state index in [1.807, 2.05) is 6.07 Å². The molecule has 0 radical (unpaired) electrons. The smallest absolute Gasteiger partial charge is 0.123 e. The van der Waals surface area contributed by atoms with Gasteiger partial charge in [-0.05, 0) is 42.9 Å². The molecule has 0 bridgehead atoms. The summed E-state index contributed by atoms with van der Waals surface area (Å²) in [6.45, 7) is 4.28. The van der Waals surface area contributed by atoms with E-state index in [0.29, 0.717) is 5.92 Å². The Morgan fingerprint density at radius 1 is 1.29 bits per heavy atom. The van der Waals surface area contributed by atoms with Crippen LogP contribution in [0.2, 0.25) is 0 Å². The Labute approximate surface area is 127 Å². The monoisotopic (exact) mass is 293 g/mol. The minimum Gasteiger partial charge on any atom is -0.368 e. The third-order valence-electron chi connectivity index (χ3n) is 4.72. The number of hydrogen-bond donors (Lipinski definition) is 1. The van der Waals surface area contributed by atoms with Crippen LogP contribution >= 0.6 is 0 Å². The van der Waals surface area contributed by atoms with Gasteiger partial charge in [-0.1, -0.05) is 45.2 Å². The molecule has 1 saturated carbocycles. The van der Waals surface area contributed by atoms with Crippen molar-refractivity contribution in [2.75, 3.05) is 0 Å². The Morgan fingerprint density at radius 2 is 2.05 bits per heavy atom. The van der Waals surface area contributed by atoms with Gasteiger partial charge in [0.2, 0.25) is 0 Å². The number of rotatable bonds is 6. The molecule has 1 fully saturated rings. The fourth-order valence-corrected chi connectivity index (χ4v) is 3.33. The molecule has 0 aromatic heterocycles. The molecule has 2 nitrogen and oxygen atoms in total. The zero-order valence-corrected chi connectivity index (χ0v) is 13.2. The van der Waals surface area contributed by atoms with E-state index in [-0.39, 0.29) is 24.1 Å². The van der Waals surface area contributed by atoms with Crippen molar-refractivity contribution in [2.45, 2.75) is 70.6 Å². The van der Waals surface area contributed by atoms with Crippen LogP contribution in [0.15, 0.2) is 24.3 Å². The molecule has 4 atom stereocenters. The molecular formula is C18H28FNO. The minimum atomic E-state index is -0.222. The molecule has 118 valence electrons. The molecule has 1 aliphatic rings. The summed E-state index contributed by atoms with van der Waals surface area (Å²) in [6, 6.07) is 6.60. The third kappa shape index (κ3) is 4.27. The Balaban J connectivity index is 2.16. The molecule has 0 amide bonds. The molecule has 1 aromatic carbocycles. The molecule has 0 heterocycles. The highest BCUT2D eigenvalue weighted by atomic mass is 19.1. The molecule has 21 heavy (non-hydrogen) atoms. The van der Waals surface area contributed by atoms with Crippen molar-refractivity contribution in [1.29, 1.82) is 0 Å². The van der Waals surface area contributed by atoms with E-state index in [1.54, 1.807) is 12.1 Å². The second-order valence-corrected chi connectivity index (χ2v) is 6.18. The first-order valence-corrected chi connectivity index (χ1v) is 8.32. The number of nitrogens with two attached hydrogens (primary N) is 1. The maximum atomic E-state index is 13.5. The summed E-state index contributed by atoms with van der Waals surface area (Å²) in [7, 11) is 0. The molecule has 4 unspecified atom stereocenters. The quantitative estimate of drug-likeness (QED) is 0.832. The second-order valence-electron chi connectivity index (χ2n) is 6.18. The average molecular weight is 293 g/mol. The highest BCUT2D eigenvalue weighted by molar-refractivity contribution is 5.20. The SMILES string of the molecule is CCC(N)C(OC1CCCCC1CC)c1cccc(F)c1. The Bertz CT molecular complexity index is 437. The number of hydrogen-bond acceptors (Lipinski definition) is 2. The van der Waals surface area contributed by atoms with E-state index >= 15 is 0 Å². The van der Waals surface area contributed by atoms with Crippen LogP contribution in [-0.4, -0.2) is 12.1 Å². The third-order valence-corrected chi connectivity index (χ3v) is 4.72. The Morgan fingerprint density at radius 3 is 2.71 bits per heavy atom. The number of halogens is 1. The van der Waals surface area contributed by atoms with Crippen molar-refractivity contribution in [3.63, 3.8) is 0 Å². The van der Waals surface area contributed by atoms with Gasteiger partial charge in [0.15, 0.2) is 0 Å². The van der Waals surface area contributed by atoms with Gasteiger partial charge in [-0.3, -0.25) is 0 Å². The first-order valence-electron chi connectivity index (χ1n) is 8.32. The fourth-order valence-electron chi connectivity index (χ4n) is 3.33. The van der Waals surface area contributed by atoms with Crippen LogP contribution < -0.4 is 5.73 Å². The molecule has 0 aliphatic heterocycles. The summed E-state index contributed by atoms with van der Waals surface area (Å²) >= 11 is 0. The summed E-state index contributed by atoms with van der Waals surface area (Å²) in [6.07, 6.45) is 6.87. The topological polar surface area (TPSA) is 35.2 Å². The van der Waals surface area contributed by atoms with Crippen molar-refractivity contribution in [3.8, 4) is 0 Å². The molecule has 1 aliphatic carbocycles. The summed E-state index contributed by atoms with van der Waals surface area (Å²) in [5, 5.41) is 0. The van der Waals surface area contributed by atoms with Crippen LogP contribution in [0.5, 0.6) is 0 Å². The van der Waals surface area contributed by atoms with E-state index in [4.69, 9.17) is 10.5 Å². The van der Waals surface area contributed by atoms with Gasteiger partial charge < -0.3 is 10.5 Å². The maximum Gasteiger partial charge on any atom is 0.123 e. The molecule has 0 saturated heterocycles. The molecule has 2 rings (SSSR count). The largest absolute Gasteiger partial charge is 0.368 e. The van der Waals surface area contributed by atoms with Gasteiger partial charge in [0.25, 0.3) is 0 Å². The lowest BCUT2D eigenvalue weighted by molar-refractivity contribution is -0.0726. The lowest BCUT2D eigenvalue weighted by atomic mass is 9.84. The lowest BCUT2D eigenvalue weighted by Crippen LogP contribution is -2.36. The van der Waals surface area contributed by atoms with E-state index in [2.05, 4.69) is 13.8 Å². The molecule has 3 heteroatoms. The molecular weight excluding hydrogens is 265 g/mol. The van der Waals surface area contributed by atoms with E-state index in [1.165, 1.54) is 25.3 Å². The zero-order valence-electron chi connectivity index (χ0n) is 13.2. The lowest BCUT2D eigenvalue weighted by Gasteiger charge is -2.36. The van der Waals surface area contributed by atoms with Crippen LogP contribution in [-0.2, 0) is 4.74 Å². The van der Waals surface area contributed by atoms with E-state index in [9.17, 15) is 4.39 Å². The maximum absolute atomic E-state index is 13.5. The van der Waals surface area contributed by atoms with Gasteiger partial charge in [0.1, 0.15) is 5.82 Å². The van der Waals surface area contributed by atoms with Crippen LogP contribution in [0.3, 0.4) is 0 Å².